The predicted octanol–water partition coefficient (Wildman–Crippen LogP) is 4.82. The van der Waals surface area contributed by atoms with Gasteiger partial charge in [0.2, 0.25) is 0 Å². The first-order chi connectivity index (χ1) is 8.99. The Hall–Kier alpha value is -1.50. The lowest BCUT2D eigenvalue weighted by atomic mass is 9.89. The van der Waals surface area contributed by atoms with Crippen LogP contribution in [0, 0.1) is 11.8 Å². The Balaban J connectivity index is 2.61. The van der Waals surface area contributed by atoms with E-state index in [0.29, 0.717) is 11.8 Å². The molecule has 2 aromatic rings. The molecule has 0 saturated heterocycles. The number of benzene rings is 2. The van der Waals surface area contributed by atoms with Crippen molar-refractivity contribution in [3.63, 3.8) is 0 Å². The van der Waals surface area contributed by atoms with E-state index in [1.807, 2.05) is 0 Å². The summed E-state index contributed by atoms with van der Waals surface area (Å²) in [5, 5.41) is 2.47. The van der Waals surface area contributed by atoms with Crippen molar-refractivity contribution in [2.45, 2.75) is 40.5 Å². The maximum Gasteiger partial charge on any atom is 0.0429 e. The zero-order valence-corrected chi connectivity index (χ0v) is 12.5. The van der Waals surface area contributed by atoms with E-state index in [9.17, 15) is 0 Å². The molecule has 0 aromatic heterocycles. The SMILES string of the molecule is CC(C)Cc1cc2ccccc2c(N)c1CC(C)C. The van der Waals surface area contributed by atoms with E-state index in [4.69, 9.17) is 5.73 Å². The predicted molar refractivity (Wildman–Crippen MR) is 85.4 cm³/mol. The number of rotatable bonds is 4. The third kappa shape index (κ3) is 3.09. The number of hydrogen-bond acceptors (Lipinski definition) is 1. The fourth-order valence-corrected chi connectivity index (χ4v) is 2.75. The number of anilines is 1. The Morgan fingerprint density at radius 1 is 0.947 bits per heavy atom. The molecule has 2 N–H and O–H groups in total. The van der Waals surface area contributed by atoms with Crippen LogP contribution in [0.3, 0.4) is 0 Å². The van der Waals surface area contributed by atoms with Gasteiger partial charge in [0.15, 0.2) is 0 Å². The molecule has 0 unspecified atom stereocenters. The van der Waals surface area contributed by atoms with Gasteiger partial charge in [-0.2, -0.15) is 0 Å². The maximum atomic E-state index is 6.44. The zero-order chi connectivity index (χ0) is 14.0. The molecular weight excluding hydrogens is 230 g/mol. The van der Waals surface area contributed by atoms with E-state index < -0.39 is 0 Å². The van der Waals surface area contributed by atoms with E-state index >= 15 is 0 Å². The topological polar surface area (TPSA) is 26.0 Å². The lowest BCUT2D eigenvalue weighted by Gasteiger charge is -2.18. The van der Waals surface area contributed by atoms with E-state index in [-0.39, 0.29) is 0 Å². The normalized spacial score (nSPS) is 11.7. The summed E-state index contributed by atoms with van der Waals surface area (Å²) < 4.78 is 0. The van der Waals surface area contributed by atoms with Crippen LogP contribution in [-0.4, -0.2) is 0 Å². The summed E-state index contributed by atoms with van der Waals surface area (Å²) >= 11 is 0. The van der Waals surface area contributed by atoms with E-state index in [1.165, 1.54) is 21.9 Å². The van der Waals surface area contributed by atoms with Crippen molar-refractivity contribution >= 4 is 16.5 Å². The van der Waals surface area contributed by atoms with Gasteiger partial charge in [0.05, 0.1) is 0 Å². The average molecular weight is 255 g/mol. The van der Waals surface area contributed by atoms with Gasteiger partial charge in [-0.15, -0.1) is 0 Å². The summed E-state index contributed by atoms with van der Waals surface area (Å²) in [5.41, 5.74) is 10.2. The molecule has 2 aromatic carbocycles. The quantitative estimate of drug-likeness (QED) is 0.779. The molecule has 0 amide bonds. The third-order valence-electron chi connectivity index (χ3n) is 3.53. The number of nitrogens with two attached hydrogens (primary N) is 1. The van der Waals surface area contributed by atoms with Crippen molar-refractivity contribution in [1.82, 2.24) is 0 Å². The second-order valence-electron chi connectivity index (χ2n) is 6.34. The molecule has 1 heteroatoms. The molecule has 0 aliphatic heterocycles. The highest BCUT2D eigenvalue weighted by Crippen LogP contribution is 2.31. The molecule has 0 fully saturated rings. The van der Waals surface area contributed by atoms with Crippen molar-refractivity contribution < 1.29 is 0 Å². The maximum absolute atomic E-state index is 6.44. The Morgan fingerprint density at radius 2 is 1.58 bits per heavy atom. The van der Waals surface area contributed by atoms with Gasteiger partial charge in [-0.25, -0.2) is 0 Å². The number of hydrogen-bond donors (Lipinski definition) is 1. The molecule has 0 aliphatic rings. The van der Waals surface area contributed by atoms with E-state index in [0.717, 1.165) is 18.5 Å². The van der Waals surface area contributed by atoms with E-state index in [2.05, 4.69) is 58.0 Å². The fourth-order valence-electron chi connectivity index (χ4n) is 2.75. The molecule has 2 rings (SSSR count). The lowest BCUT2D eigenvalue weighted by Crippen LogP contribution is -2.07. The van der Waals surface area contributed by atoms with Gasteiger partial charge in [-0.05, 0) is 41.2 Å². The smallest absolute Gasteiger partial charge is 0.0429 e. The van der Waals surface area contributed by atoms with Crippen LogP contribution in [0.15, 0.2) is 30.3 Å². The summed E-state index contributed by atoms with van der Waals surface area (Å²) in [6.45, 7) is 9.05. The summed E-state index contributed by atoms with van der Waals surface area (Å²) in [6, 6.07) is 10.8. The third-order valence-corrected chi connectivity index (χ3v) is 3.53. The minimum absolute atomic E-state index is 0.634. The van der Waals surface area contributed by atoms with Gasteiger partial charge >= 0.3 is 0 Å². The second kappa shape index (κ2) is 5.64. The second-order valence-corrected chi connectivity index (χ2v) is 6.34. The Labute approximate surface area is 116 Å². The standard InChI is InChI=1S/C18H25N/c1-12(2)9-15-11-14-7-5-6-8-16(14)18(19)17(15)10-13(3)4/h5-8,11-13H,9-10,19H2,1-4H3. The molecule has 0 bridgehead atoms. The fraction of sp³-hybridized carbons (Fsp3) is 0.444. The average Bonchev–Trinajstić information content (AvgIpc) is 2.33. The summed E-state index contributed by atoms with van der Waals surface area (Å²) in [4.78, 5) is 0. The molecule has 0 aliphatic carbocycles. The summed E-state index contributed by atoms with van der Waals surface area (Å²) in [6.07, 6.45) is 2.18. The zero-order valence-electron chi connectivity index (χ0n) is 12.5. The molecular formula is C18H25N. The van der Waals surface area contributed by atoms with Gasteiger partial charge in [-0.3, -0.25) is 0 Å². The Morgan fingerprint density at radius 3 is 2.21 bits per heavy atom. The molecule has 0 saturated carbocycles. The minimum atomic E-state index is 0.634. The first-order valence-electron chi connectivity index (χ1n) is 7.28. The summed E-state index contributed by atoms with van der Waals surface area (Å²) in [5.74, 6) is 1.29. The van der Waals surface area contributed by atoms with Crippen LogP contribution in [0.2, 0.25) is 0 Å². The van der Waals surface area contributed by atoms with Gasteiger partial charge in [-0.1, -0.05) is 58.0 Å². The highest BCUT2D eigenvalue weighted by Gasteiger charge is 2.13. The molecule has 102 valence electrons. The minimum Gasteiger partial charge on any atom is -0.398 e. The van der Waals surface area contributed by atoms with Gasteiger partial charge < -0.3 is 5.73 Å². The Bertz CT molecular complexity index is 567. The molecule has 1 nitrogen and oxygen atoms in total. The highest BCUT2D eigenvalue weighted by molar-refractivity contribution is 5.95. The summed E-state index contributed by atoms with van der Waals surface area (Å²) in [7, 11) is 0. The van der Waals surface area contributed by atoms with Crippen molar-refractivity contribution in [3.05, 3.63) is 41.5 Å². The van der Waals surface area contributed by atoms with Crippen molar-refractivity contribution in [2.75, 3.05) is 5.73 Å². The van der Waals surface area contributed by atoms with Crippen molar-refractivity contribution in [1.29, 1.82) is 0 Å². The molecule has 19 heavy (non-hydrogen) atoms. The number of nitrogen functional groups attached to an aromatic ring is 1. The molecule has 0 spiro atoms. The lowest BCUT2D eigenvalue weighted by molar-refractivity contribution is 0.617. The van der Waals surface area contributed by atoms with Gasteiger partial charge in [0, 0.05) is 11.1 Å². The molecule has 0 heterocycles. The van der Waals surface area contributed by atoms with Crippen LogP contribution in [-0.2, 0) is 12.8 Å². The van der Waals surface area contributed by atoms with Crippen LogP contribution in [0.1, 0.15) is 38.8 Å². The molecule has 0 atom stereocenters. The number of fused-ring (bicyclic) bond motifs is 1. The van der Waals surface area contributed by atoms with Crippen LogP contribution < -0.4 is 5.73 Å². The van der Waals surface area contributed by atoms with Crippen LogP contribution >= 0.6 is 0 Å². The van der Waals surface area contributed by atoms with Crippen LogP contribution in [0.5, 0.6) is 0 Å². The Kier molecular flexibility index (Phi) is 4.14. The first-order valence-corrected chi connectivity index (χ1v) is 7.28. The van der Waals surface area contributed by atoms with Crippen LogP contribution in [0.4, 0.5) is 5.69 Å². The van der Waals surface area contributed by atoms with Gasteiger partial charge in [0.1, 0.15) is 0 Å². The van der Waals surface area contributed by atoms with Crippen molar-refractivity contribution in [3.8, 4) is 0 Å². The van der Waals surface area contributed by atoms with Gasteiger partial charge in [0.25, 0.3) is 0 Å². The van der Waals surface area contributed by atoms with E-state index in [1.54, 1.807) is 0 Å². The van der Waals surface area contributed by atoms with Crippen LogP contribution in [0.25, 0.3) is 10.8 Å². The highest BCUT2D eigenvalue weighted by atomic mass is 14.6. The van der Waals surface area contributed by atoms with Crippen molar-refractivity contribution in [2.24, 2.45) is 11.8 Å². The first kappa shape index (κ1) is 13.9. The molecule has 0 radical (unpaired) electrons. The largest absolute Gasteiger partial charge is 0.398 e. The monoisotopic (exact) mass is 255 g/mol.